The summed E-state index contributed by atoms with van der Waals surface area (Å²) < 4.78 is 5.20. The van der Waals surface area contributed by atoms with Crippen LogP contribution in [0.3, 0.4) is 0 Å². The average Bonchev–Trinajstić information content (AvgIpc) is 2.51. The van der Waals surface area contributed by atoms with Crippen LogP contribution in [0.15, 0.2) is 0 Å². The fourth-order valence-electron chi connectivity index (χ4n) is 2.50. The third-order valence-corrected chi connectivity index (χ3v) is 4.10. The van der Waals surface area contributed by atoms with Gasteiger partial charge in [-0.1, -0.05) is 41.5 Å². The van der Waals surface area contributed by atoms with Gasteiger partial charge in [0.2, 0.25) is 11.8 Å². The summed E-state index contributed by atoms with van der Waals surface area (Å²) in [6.07, 6.45) is -0.734. The van der Waals surface area contributed by atoms with Gasteiger partial charge in [-0.3, -0.25) is 9.59 Å². The number of alkyl carbamates (subject to hydrolysis) is 1. The van der Waals surface area contributed by atoms with Gasteiger partial charge in [0.15, 0.2) is 0 Å². The summed E-state index contributed by atoms with van der Waals surface area (Å²) in [4.78, 5) is 48.9. The third-order valence-electron chi connectivity index (χ3n) is 4.10. The van der Waals surface area contributed by atoms with Gasteiger partial charge in [0.25, 0.3) is 0 Å². The summed E-state index contributed by atoms with van der Waals surface area (Å²) in [6.45, 7) is 15.5. The van der Waals surface area contributed by atoms with Gasteiger partial charge < -0.3 is 25.8 Å². The van der Waals surface area contributed by atoms with Crippen LogP contribution in [0.25, 0.3) is 0 Å². The molecule has 168 valence electrons. The van der Waals surface area contributed by atoms with Crippen molar-refractivity contribution in [3.63, 3.8) is 0 Å². The number of amides is 3. The molecule has 3 atom stereocenters. The molecule has 0 aromatic carbocycles. The van der Waals surface area contributed by atoms with Crippen LogP contribution in [0.4, 0.5) is 4.79 Å². The Labute approximate surface area is 173 Å². The minimum atomic E-state index is -1.14. The molecule has 0 aliphatic heterocycles. The molecule has 4 N–H and O–H groups in total. The van der Waals surface area contributed by atoms with E-state index < -0.39 is 47.6 Å². The molecule has 0 heterocycles. The Morgan fingerprint density at radius 3 is 1.34 bits per heavy atom. The Balaban J connectivity index is 5.32. The highest BCUT2D eigenvalue weighted by molar-refractivity contribution is 5.93. The molecule has 0 radical (unpaired) electrons. The van der Waals surface area contributed by atoms with Crippen LogP contribution in [0.5, 0.6) is 0 Å². The van der Waals surface area contributed by atoms with E-state index in [2.05, 4.69) is 16.0 Å². The molecule has 0 aromatic rings. The number of hydrogen-bond donors (Lipinski definition) is 4. The zero-order chi connectivity index (χ0) is 23.1. The first kappa shape index (κ1) is 26.7. The van der Waals surface area contributed by atoms with E-state index in [0.717, 1.165) is 0 Å². The van der Waals surface area contributed by atoms with Crippen molar-refractivity contribution in [2.24, 2.45) is 17.8 Å². The molecule has 0 rings (SSSR count). The lowest BCUT2D eigenvalue weighted by Crippen LogP contribution is -2.59. The Hall–Kier alpha value is -2.32. The van der Waals surface area contributed by atoms with Gasteiger partial charge in [-0.05, 0) is 38.5 Å². The van der Waals surface area contributed by atoms with Crippen molar-refractivity contribution in [3.05, 3.63) is 0 Å². The summed E-state index contributed by atoms with van der Waals surface area (Å²) in [5, 5.41) is 16.9. The quantitative estimate of drug-likeness (QED) is 0.454. The van der Waals surface area contributed by atoms with Crippen LogP contribution >= 0.6 is 0 Å². The van der Waals surface area contributed by atoms with E-state index in [1.807, 2.05) is 0 Å². The number of ether oxygens (including phenoxy) is 1. The zero-order valence-electron chi connectivity index (χ0n) is 19.0. The van der Waals surface area contributed by atoms with Crippen molar-refractivity contribution in [1.29, 1.82) is 0 Å². The minimum Gasteiger partial charge on any atom is -0.480 e. The molecule has 0 fully saturated rings. The van der Waals surface area contributed by atoms with Crippen molar-refractivity contribution < 1.29 is 29.0 Å². The topological polar surface area (TPSA) is 134 Å². The van der Waals surface area contributed by atoms with Crippen molar-refractivity contribution in [1.82, 2.24) is 16.0 Å². The molecule has 0 saturated heterocycles. The fraction of sp³-hybridized carbons (Fsp3) is 0.800. The van der Waals surface area contributed by atoms with E-state index in [9.17, 15) is 24.3 Å². The molecule has 3 amide bonds. The van der Waals surface area contributed by atoms with Crippen molar-refractivity contribution in [2.45, 2.75) is 86.0 Å². The lowest BCUT2D eigenvalue weighted by Gasteiger charge is -2.29. The summed E-state index contributed by atoms with van der Waals surface area (Å²) in [5.41, 5.74) is -0.717. The number of nitrogens with one attached hydrogen (secondary N) is 3. The van der Waals surface area contributed by atoms with Gasteiger partial charge in [0.05, 0.1) is 0 Å². The van der Waals surface area contributed by atoms with Crippen molar-refractivity contribution in [2.75, 3.05) is 0 Å². The second-order valence-corrected chi connectivity index (χ2v) is 9.17. The Morgan fingerprint density at radius 2 is 1.03 bits per heavy atom. The smallest absolute Gasteiger partial charge is 0.408 e. The van der Waals surface area contributed by atoms with Crippen molar-refractivity contribution >= 4 is 23.9 Å². The molecule has 0 aliphatic carbocycles. The van der Waals surface area contributed by atoms with Crippen LogP contribution in [0, 0.1) is 17.8 Å². The molecule has 0 spiro atoms. The number of carbonyl (C=O) groups excluding carboxylic acids is 3. The molecule has 9 nitrogen and oxygen atoms in total. The maximum atomic E-state index is 12.8. The third kappa shape index (κ3) is 9.62. The van der Waals surface area contributed by atoms with Crippen LogP contribution < -0.4 is 16.0 Å². The normalized spacial score (nSPS) is 14.9. The highest BCUT2D eigenvalue weighted by Gasteiger charge is 2.33. The van der Waals surface area contributed by atoms with Gasteiger partial charge in [-0.2, -0.15) is 0 Å². The standard InChI is InChI=1S/C20H37N3O6/c1-10(2)13(16(24)22-15(12(5)6)18(26)27)21-17(25)14(11(3)4)23-19(28)29-20(7,8)9/h10-15H,1-9H3,(H,21,25)(H,22,24)(H,23,28)(H,26,27)/t13-,14-,15+/m0/s1. The first-order chi connectivity index (χ1) is 13.1. The number of carbonyl (C=O) groups is 4. The number of aliphatic carboxylic acids is 1. The van der Waals surface area contributed by atoms with Crippen LogP contribution in [0.1, 0.15) is 62.3 Å². The van der Waals surface area contributed by atoms with E-state index in [1.54, 1.807) is 62.3 Å². The average molecular weight is 416 g/mol. The molecule has 0 bridgehead atoms. The van der Waals surface area contributed by atoms with Crippen LogP contribution in [-0.2, 0) is 19.1 Å². The molecule has 0 unspecified atom stereocenters. The fourth-order valence-corrected chi connectivity index (χ4v) is 2.50. The predicted molar refractivity (Wildman–Crippen MR) is 109 cm³/mol. The SMILES string of the molecule is CC(C)[C@H](NC(=O)OC(C)(C)C)C(=O)N[C@H](C(=O)N[C@@H](C(=O)O)C(C)C)C(C)C. The first-order valence-corrected chi connectivity index (χ1v) is 9.89. The second-order valence-electron chi connectivity index (χ2n) is 9.17. The monoisotopic (exact) mass is 415 g/mol. The largest absolute Gasteiger partial charge is 0.480 e. The van der Waals surface area contributed by atoms with Gasteiger partial charge >= 0.3 is 12.1 Å². The Morgan fingerprint density at radius 1 is 0.690 bits per heavy atom. The Kier molecular flexibility index (Phi) is 10.1. The lowest BCUT2D eigenvalue weighted by molar-refractivity contribution is -0.143. The van der Waals surface area contributed by atoms with Gasteiger partial charge in [0.1, 0.15) is 23.7 Å². The summed E-state index contributed by atoms with van der Waals surface area (Å²) >= 11 is 0. The van der Waals surface area contributed by atoms with E-state index in [1.165, 1.54) is 0 Å². The van der Waals surface area contributed by atoms with E-state index >= 15 is 0 Å². The van der Waals surface area contributed by atoms with Gasteiger partial charge in [-0.15, -0.1) is 0 Å². The number of hydrogen-bond acceptors (Lipinski definition) is 5. The molecule has 0 saturated carbocycles. The maximum Gasteiger partial charge on any atom is 0.408 e. The van der Waals surface area contributed by atoms with Crippen molar-refractivity contribution in [3.8, 4) is 0 Å². The highest BCUT2D eigenvalue weighted by atomic mass is 16.6. The predicted octanol–water partition coefficient (Wildman–Crippen LogP) is 1.90. The summed E-state index contributed by atoms with van der Waals surface area (Å²) in [5.74, 6) is -3.16. The molecular formula is C20H37N3O6. The lowest BCUT2D eigenvalue weighted by atomic mass is 9.98. The van der Waals surface area contributed by atoms with E-state index in [0.29, 0.717) is 0 Å². The van der Waals surface area contributed by atoms with Crippen LogP contribution in [0.2, 0.25) is 0 Å². The van der Waals surface area contributed by atoms with E-state index in [-0.39, 0.29) is 17.8 Å². The summed E-state index contributed by atoms with van der Waals surface area (Å²) in [6, 6.07) is -2.94. The van der Waals surface area contributed by atoms with Gasteiger partial charge in [0, 0.05) is 0 Å². The van der Waals surface area contributed by atoms with Gasteiger partial charge in [-0.25, -0.2) is 9.59 Å². The molecular weight excluding hydrogens is 378 g/mol. The molecule has 29 heavy (non-hydrogen) atoms. The second kappa shape index (κ2) is 11.0. The molecule has 0 aliphatic rings. The highest BCUT2D eigenvalue weighted by Crippen LogP contribution is 2.11. The summed E-state index contributed by atoms with van der Waals surface area (Å²) in [7, 11) is 0. The number of rotatable bonds is 9. The van der Waals surface area contributed by atoms with E-state index in [4.69, 9.17) is 4.74 Å². The molecule has 9 heteroatoms. The Bertz CT molecular complexity index is 596. The number of carboxylic acids is 1. The zero-order valence-corrected chi connectivity index (χ0v) is 19.0. The van der Waals surface area contributed by atoms with Crippen LogP contribution in [-0.4, -0.2) is 52.7 Å². The minimum absolute atomic E-state index is 0.263. The number of carboxylic acid groups (broad SMARTS) is 1. The first-order valence-electron chi connectivity index (χ1n) is 9.89. The molecule has 0 aromatic heterocycles. The maximum absolute atomic E-state index is 12.8.